The minimum Gasteiger partial charge on any atom is -0.338 e. The van der Waals surface area contributed by atoms with Crippen LogP contribution in [0.3, 0.4) is 0 Å². The number of rotatable bonds is 3. The number of alkyl halides is 1. The Balaban J connectivity index is 0.000000704. The lowest BCUT2D eigenvalue weighted by molar-refractivity contribution is 0.318. The first-order chi connectivity index (χ1) is 9.76. The van der Waals surface area contributed by atoms with Crippen molar-refractivity contribution in [3.8, 4) is 0 Å². The molecule has 1 aliphatic rings. The smallest absolute Gasteiger partial charge is 0.241 e. The van der Waals surface area contributed by atoms with E-state index in [1.54, 1.807) is 0 Å². The van der Waals surface area contributed by atoms with Crippen molar-refractivity contribution in [1.29, 1.82) is 0 Å². The van der Waals surface area contributed by atoms with E-state index in [4.69, 9.17) is 27.7 Å². The third kappa shape index (κ3) is 3.33. The zero-order chi connectivity index (χ0) is 14.5. The molecular weight excluding hydrogens is 295 g/mol. The molecule has 0 aliphatic heterocycles. The molecule has 108 valence electrons. The molecule has 3 nitrogen and oxygen atoms in total. The van der Waals surface area contributed by atoms with Gasteiger partial charge in [-0.15, -0.1) is 11.6 Å². The summed E-state index contributed by atoms with van der Waals surface area (Å²) in [5.74, 6) is 2.54. The van der Waals surface area contributed by atoms with E-state index in [1.807, 2.05) is 26.0 Å². The van der Waals surface area contributed by atoms with E-state index in [0.717, 1.165) is 23.7 Å². The van der Waals surface area contributed by atoms with Crippen molar-refractivity contribution >= 4 is 23.2 Å². The van der Waals surface area contributed by atoms with Gasteiger partial charge in [-0.2, -0.15) is 4.98 Å². The highest BCUT2D eigenvalue weighted by Gasteiger charge is 2.34. The van der Waals surface area contributed by atoms with E-state index in [0.29, 0.717) is 17.7 Å². The number of hydrogen-bond acceptors (Lipinski definition) is 3. The predicted octanol–water partition coefficient (Wildman–Crippen LogP) is 5.15. The fourth-order valence-electron chi connectivity index (χ4n) is 2.32. The summed E-state index contributed by atoms with van der Waals surface area (Å²) in [5, 5.41) is 4.74. The Kier molecular flexibility index (Phi) is 5.44. The van der Waals surface area contributed by atoms with Crippen LogP contribution in [-0.4, -0.2) is 10.1 Å². The van der Waals surface area contributed by atoms with Crippen molar-refractivity contribution in [2.45, 2.75) is 44.4 Å². The zero-order valence-corrected chi connectivity index (χ0v) is 13.2. The Morgan fingerprint density at radius 3 is 2.35 bits per heavy atom. The van der Waals surface area contributed by atoms with Crippen LogP contribution < -0.4 is 0 Å². The fraction of sp³-hybridized carbons (Fsp3) is 0.467. The van der Waals surface area contributed by atoms with Crippen LogP contribution in [0.25, 0.3) is 0 Å². The number of hydrogen-bond donors (Lipinski definition) is 0. The molecule has 0 radical (unpaired) electrons. The summed E-state index contributed by atoms with van der Waals surface area (Å²) >= 11 is 11.5. The van der Waals surface area contributed by atoms with Crippen LogP contribution in [0, 0.1) is 0 Å². The maximum Gasteiger partial charge on any atom is 0.241 e. The Labute approximate surface area is 129 Å². The van der Waals surface area contributed by atoms with Gasteiger partial charge < -0.3 is 4.52 Å². The van der Waals surface area contributed by atoms with E-state index in [1.165, 1.54) is 5.56 Å². The highest BCUT2D eigenvalue weighted by molar-refractivity contribution is 6.30. The lowest BCUT2D eigenvalue weighted by atomic mass is 9.71. The molecule has 0 bridgehead atoms. The molecule has 0 atom stereocenters. The van der Waals surface area contributed by atoms with Crippen LogP contribution in [0.4, 0.5) is 0 Å². The fourth-order valence-corrected chi connectivity index (χ4v) is 2.56. The van der Waals surface area contributed by atoms with Gasteiger partial charge in [-0.3, -0.25) is 0 Å². The Hall–Kier alpha value is -1.06. The number of nitrogens with zero attached hydrogens (tertiary/aromatic N) is 2. The van der Waals surface area contributed by atoms with Gasteiger partial charge in [-0.1, -0.05) is 42.7 Å². The molecule has 1 aromatic carbocycles. The predicted molar refractivity (Wildman–Crippen MR) is 81.4 cm³/mol. The molecule has 1 aliphatic carbocycles. The minimum absolute atomic E-state index is 0.278. The van der Waals surface area contributed by atoms with Crippen molar-refractivity contribution in [2.75, 3.05) is 0 Å². The van der Waals surface area contributed by atoms with Gasteiger partial charge in [0.05, 0.1) is 0 Å². The molecule has 5 heteroatoms. The monoisotopic (exact) mass is 312 g/mol. The number of benzene rings is 1. The summed E-state index contributed by atoms with van der Waals surface area (Å²) in [6, 6.07) is 8.04. The molecule has 1 heterocycles. The van der Waals surface area contributed by atoms with Crippen LogP contribution in [0.2, 0.25) is 5.02 Å². The van der Waals surface area contributed by atoms with Gasteiger partial charge >= 0.3 is 0 Å². The van der Waals surface area contributed by atoms with Crippen LogP contribution in [0.1, 0.15) is 55.8 Å². The first-order valence-electron chi connectivity index (χ1n) is 6.90. The first-order valence-corrected chi connectivity index (χ1v) is 7.81. The van der Waals surface area contributed by atoms with Crippen molar-refractivity contribution in [1.82, 2.24) is 10.1 Å². The van der Waals surface area contributed by atoms with Gasteiger partial charge in [0.2, 0.25) is 5.89 Å². The maximum atomic E-state index is 5.88. The quantitative estimate of drug-likeness (QED) is 0.736. The third-order valence-corrected chi connectivity index (χ3v) is 3.92. The molecule has 1 fully saturated rings. The highest BCUT2D eigenvalue weighted by Crippen LogP contribution is 2.46. The molecule has 1 saturated carbocycles. The normalized spacial score (nSPS) is 20.8. The molecule has 20 heavy (non-hydrogen) atoms. The lowest BCUT2D eigenvalue weighted by Gasteiger charge is -2.33. The summed E-state index contributed by atoms with van der Waals surface area (Å²) in [4.78, 5) is 4.26. The van der Waals surface area contributed by atoms with Crippen LogP contribution >= 0.6 is 23.2 Å². The van der Waals surface area contributed by atoms with Crippen molar-refractivity contribution in [3.05, 3.63) is 46.6 Å². The molecule has 0 N–H and O–H groups in total. The lowest BCUT2D eigenvalue weighted by Crippen LogP contribution is -2.21. The van der Waals surface area contributed by atoms with Crippen molar-refractivity contribution in [2.24, 2.45) is 0 Å². The van der Waals surface area contributed by atoms with Gasteiger partial charge in [0, 0.05) is 10.9 Å². The summed E-state index contributed by atoms with van der Waals surface area (Å²) in [6.07, 6.45) is 2.12. The summed E-state index contributed by atoms with van der Waals surface area (Å²) < 4.78 is 5.02. The van der Waals surface area contributed by atoms with E-state index in [-0.39, 0.29) is 5.88 Å². The Morgan fingerprint density at radius 1 is 1.15 bits per heavy atom. The first kappa shape index (κ1) is 15.3. The minimum atomic E-state index is 0.278. The maximum absolute atomic E-state index is 5.88. The molecule has 0 saturated heterocycles. The SMILES string of the molecule is CC.ClCc1nc(C2CC(c3ccc(Cl)cc3)C2)no1. The second-order valence-electron chi connectivity index (χ2n) is 4.60. The molecule has 0 unspecified atom stereocenters. The van der Waals surface area contributed by atoms with Gasteiger partial charge in [-0.05, 0) is 36.5 Å². The van der Waals surface area contributed by atoms with Crippen LogP contribution in [-0.2, 0) is 5.88 Å². The van der Waals surface area contributed by atoms with Crippen molar-refractivity contribution < 1.29 is 4.52 Å². The van der Waals surface area contributed by atoms with Gasteiger partial charge in [-0.25, -0.2) is 0 Å². The van der Waals surface area contributed by atoms with E-state index in [9.17, 15) is 0 Å². The molecule has 0 spiro atoms. The topological polar surface area (TPSA) is 38.9 Å². The largest absolute Gasteiger partial charge is 0.338 e. The molecule has 3 rings (SSSR count). The van der Waals surface area contributed by atoms with E-state index >= 15 is 0 Å². The summed E-state index contributed by atoms with van der Waals surface area (Å²) in [5.41, 5.74) is 1.33. The molecule has 2 aromatic rings. The second-order valence-corrected chi connectivity index (χ2v) is 5.30. The highest BCUT2D eigenvalue weighted by atomic mass is 35.5. The average Bonchev–Trinajstić information content (AvgIpc) is 2.90. The Morgan fingerprint density at radius 2 is 1.80 bits per heavy atom. The van der Waals surface area contributed by atoms with Gasteiger partial charge in [0.1, 0.15) is 5.88 Å². The molecular formula is C15H18Cl2N2O. The number of halogens is 2. The van der Waals surface area contributed by atoms with Crippen LogP contribution in [0.5, 0.6) is 0 Å². The molecule has 0 amide bonds. The number of aromatic nitrogens is 2. The summed E-state index contributed by atoms with van der Waals surface area (Å²) in [6.45, 7) is 4.00. The Bertz CT molecular complexity index is 533. The standard InChI is InChI=1S/C13H12Cl2N2O.C2H6/c14-7-12-16-13(17-18-12)10-5-9(6-10)8-1-3-11(15)4-2-8;1-2/h1-4,9-10H,5-7H2;1-2H3. The van der Waals surface area contributed by atoms with Crippen LogP contribution in [0.15, 0.2) is 28.8 Å². The van der Waals surface area contributed by atoms with E-state index in [2.05, 4.69) is 22.3 Å². The molecule has 1 aromatic heterocycles. The second kappa shape index (κ2) is 7.09. The van der Waals surface area contributed by atoms with Gasteiger partial charge in [0.15, 0.2) is 5.82 Å². The van der Waals surface area contributed by atoms with E-state index < -0.39 is 0 Å². The third-order valence-electron chi connectivity index (χ3n) is 3.44. The zero-order valence-electron chi connectivity index (χ0n) is 11.6. The summed E-state index contributed by atoms with van der Waals surface area (Å²) in [7, 11) is 0. The average molecular weight is 313 g/mol. The van der Waals surface area contributed by atoms with Gasteiger partial charge in [0.25, 0.3) is 0 Å². The van der Waals surface area contributed by atoms with Crippen molar-refractivity contribution in [3.63, 3.8) is 0 Å².